The van der Waals surface area contributed by atoms with E-state index < -0.39 is 0 Å². The minimum absolute atomic E-state index is 0. The van der Waals surface area contributed by atoms with Gasteiger partial charge in [0.25, 0.3) is 0 Å². The van der Waals surface area contributed by atoms with Gasteiger partial charge in [-0.05, 0) is 30.7 Å². The number of hydrogen-bond donors (Lipinski definition) is 3. The van der Waals surface area contributed by atoms with Gasteiger partial charge in [0, 0.05) is 83.8 Å². The van der Waals surface area contributed by atoms with Crippen LogP contribution in [0, 0.1) is 5.82 Å². The third kappa shape index (κ3) is 7.27. The minimum atomic E-state index is -0.288. The van der Waals surface area contributed by atoms with Crippen LogP contribution in [0.4, 0.5) is 21.6 Å². The molecule has 0 spiro atoms. The van der Waals surface area contributed by atoms with Gasteiger partial charge >= 0.3 is 0 Å². The second-order valence-corrected chi connectivity index (χ2v) is 8.27. The number of aromatic nitrogens is 3. The van der Waals surface area contributed by atoms with Crippen LogP contribution in [0.2, 0.25) is 0 Å². The topological polar surface area (TPSA) is 100 Å². The van der Waals surface area contributed by atoms with Crippen molar-refractivity contribution in [1.29, 1.82) is 0 Å². The molecule has 35 heavy (non-hydrogen) atoms. The third-order valence-electron chi connectivity index (χ3n) is 5.93. The van der Waals surface area contributed by atoms with E-state index in [-0.39, 0.29) is 32.8 Å². The van der Waals surface area contributed by atoms with Crippen molar-refractivity contribution < 1.29 is 30.6 Å². The number of aliphatic hydroxyl groups is 1. The summed E-state index contributed by atoms with van der Waals surface area (Å²) in [4.78, 5) is 16.5. The molecule has 0 radical (unpaired) electrons. The normalized spacial score (nSPS) is 17.6. The summed E-state index contributed by atoms with van der Waals surface area (Å²) in [5, 5.41) is 18.2. The van der Waals surface area contributed by atoms with Crippen LogP contribution in [0.5, 0.6) is 0 Å². The van der Waals surface area contributed by atoms with Gasteiger partial charge < -0.3 is 26.0 Å². The Kier molecular flexibility index (Phi) is 10.5. The van der Waals surface area contributed by atoms with Crippen molar-refractivity contribution in [2.45, 2.75) is 18.8 Å². The van der Waals surface area contributed by atoms with Crippen LogP contribution in [-0.2, 0) is 21.1 Å². The quantitative estimate of drug-likeness (QED) is 0.389. The van der Waals surface area contributed by atoms with Gasteiger partial charge in [-0.1, -0.05) is 12.5 Å². The summed E-state index contributed by atoms with van der Waals surface area (Å²) in [7, 11) is 1.00. The fourth-order valence-corrected chi connectivity index (χ4v) is 4.24. The number of pyridine rings is 1. The Balaban J connectivity index is 0.00000111. The molecule has 2 aliphatic heterocycles. The van der Waals surface area contributed by atoms with Gasteiger partial charge in [0.05, 0.1) is 17.6 Å². The van der Waals surface area contributed by atoms with Gasteiger partial charge in [-0.3, -0.25) is 4.98 Å². The molecule has 0 saturated carbocycles. The molecule has 2 aliphatic rings. The summed E-state index contributed by atoms with van der Waals surface area (Å²) < 4.78 is 13.7. The number of anilines is 3. The zero-order valence-electron chi connectivity index (χ0n) is 19.8. The Labute approximate surface area is 220 Å². The molecule has 1 atom stereocenters. The van der Waals surface area contributed by atoms with E-state index in [0.717, 1.165) is 82.0 Å². The van der Waals surface area contributed by atoms with Crippen LogP contribution in [0.1, 0.15) is 24.6 Å². The standard InChI is InChI=1S/C24H27FN7.CH4O.W/c25-19-4-1-5-20(12-19)29-23-13-22(30-24(31-23)17-3-2-6-27-14-17)18-11-21(16-28-15-18)32-9-7-26-8-10-32;1-2;/h1,4-5,11-13,15-17,26H,2-3,6-10,14H2,(H,29,30,31);2H,1H3;/q-1;;. The fourth-order valence-electron chi connectivity index (χ4n) is 4.24. The van der Waals surface area contributed by atoms with Gasteiger partial charge in [-0.15, -0.1) is 13.1 Å². The van der Waals surface area contributed by atoms with Crippen molar-refractivity contribution >= 4 is 17.2 Å². The Morgan fingerprint density at radius 3 is 2.69 bits per heavy atom. The molecule has 1 unspecified atom stereocenters. The zero-order chi connectivity index (χ0) is 23.8. The summed E-state index contributed by atoms with van der Waals surface area (Å²) in [6, 6.07) is 10.5. The van der Waals surface area contributed by atoms with Crippen molar-refractivity contribution in [2.75, 3.05) is 56.6 Å². The van der Waals surface area contributed by atoms with E-state index in [0.29, 0.717) is 11.5 Å². The second kappa shape index (κ2) is 13.6. The van der Waals surface area contributed by atoms with E-state index in [1.807, 2.05) is 24.5 Å². The molecule has 8 nitrogen and oxygen atoms in total. The van der Waals surface area contributed by atoms with Gasteiger partial charge in [0.1, 0.15) is 17.5 Å². The first-order chi connectivity index (χ1) is 16.7. The molecule has 0 bridgehead atoms. The molecule has 4 heterocycles. The molecular weight excluding hydrogens is 617 g/mol. The summed E-state index contributed by atoms with van der Waals surface area (Å²) in [5.41, 5.74) is 3.50. The first-order valence-corrected chi connectivity index (χ1v) is 11.7. The predicted octanol–water partition coefficient (Wildman–Crippen LogP) is 3.69. The zero-order valence-corrected chi connectivity index (χ0v) is 22.8. The number of aliphatic hydroxyl groups excluding tert-OH is 1. The van der Waals surface area contributed by atoms with Crippen molar-refractivity contribution in [2.24, 2.45) is 0 Å². The van der Waals surface area contributed by atoms with Crippen LogP contribution in [0.25, 0.3) is 16.6 Å². The monoisotopic (exact) mass is 648 g/mol. The average Bonchev–Trinajstić information content (AvgIpc) is 2.91. The molecule has 2 aromatic heterocycles. The molecule has 2 fully saturated rings. The minimum Gasteiger partial charge on any atom is -0.662 e. The first kappa shape index (κ1) is 27.1. The molecule has 0 aliphatic carbocycles. The summed E-state index contributed by atoms with van der Waals surface area (Å²) in [5.74, 6) is 1.33. The van der Waals surface area contributed by atoms with E-state index in [2.05, 4.69) is 31.9 Å². The molecule has 3 aromatic rings. The molecule has 1 aromatic carbocycles. The molecule has 2 saturated heterocycles. The number of piperazine rings is 1. The maximum absolute atomic E-state index is 13.7. The molecule has 5 rings (SSSR count). The van der Waals surface area contributed by atoms with Crippen molar-refractivity contribution in [3.63, 3.8) is 0 Å². The van der Waals surface area contributed by atoms with Crippen LogP contribution in [0.15, 0.2) is 48.8 Å². The average molecular weight is 648 g/mol. The van der Waals surface area contributed by atoms with E-state index >= 15 is 0 Å². The van der Waals surface area contributed by atoms with Crippen molar-refractivity contribution in [3.05, 3.63) is 65.8 Å². The number of nitrogens with zero attached hydrogens (tertiary/aromatic N) is 5. The van der Waals surface area contributed by atoms with Gasteiger partial charge in [-0.2, -0.15) is 0 Å². The Bertz CT molecular complexity index is 1080. The van der Waals surface area contributed by atoms with Crippen molar-refractivity contribution in [1.82, 2.24) is 20.3 Å². The molecular formula is C25H31FN7OW-. The summed E-state index contributed by atoms with van der Waals surface area (Å²) >= 11 is 0. The van der Waals surface area contributed by atoms with E-state index in [1.54, 1.807) is 6.07 Å². The smallest absolute Gasteiger partial charge is 0.134 e. The van der Waals surface area contributed by atoms with Gasteiger partial charge in [0.2, 0.25) is 0 Å². The molecule has 0 amide bonds. The number of benzene rings is 1. The van der Waals surface area contributed by atoms with Crippen molar-refractivity contribution in [3.8, 4) is 11.3 Å². The third-order valence-corrected chi connectivity index (χ3v) is 5.93. The Morgan fingerprint density at radius 2 is 1.94 bits per heavy atom. The number of piperidine rings is 1. The van der Waals surface area contributed by atoms with E-state index in [1.165, 1.54) is 12.1 Å². The van der Waals surface area contributed by atoms with Crippen LogP contribution in [-0.4, -0.2) is 66.4 Å². The van der Waals surface area contributed by atoms with Crippen LogP contribution >= 0.6 is 0 Å². The van der Waals surface area contributed by atoms with Gasteiger partial charge in [-0.25, -0.2) is 14.4 Å². The SMILES string of the molecule is CO.Fc1cccc(Nc2cc(-c3cncc(N4CCNCC4)c3)nc(C3CCC[N-]C3)n2)c1.[W]. The molecule has 186 valence electrons. The van der Waals surface area contributed by atoms with E-state index in [4.69, 9.17) is 15.1 Å². The van der Waals surface area contributed by atoms with Gasteiger partial charge in [0.15, 0.2) is 0 Å². The van der Waals surface area contributed by atoms with Crippen LogP contribution in [0.3, 0.4) is 0 Å². The maximum atomic E-state index is 13.7. The van der Waals surface area contributed by atoms with Crippen LogP contribution < -0.4 is 15.5 Å². The summed E-state index contributed by atoms with van der Waals surface area (Å²) in [6.07, 6.45) is 5.81. The largest absolute Gasteiger partial charge is 0.662 e. The predicted molar refractivity (Wildman–Crippen MR) is 133 cm³/mol. The molecule has 10 heteroatoms. The summed E-state index contributed by atoms with van der Waals surface area (Å²) in [6.45, 7) is 5.49. The number of hydrogen-bond acceptors (Lipinski definition) is 7. The molecule has 3 N–H and O–H groups in total. The number of nitrogens with one attached hydrogen (secondary N) is 2. The number of rotatable bonds is 5. The van der Waals surface area contributed by atoms with E-state index in [9.17, 15) is 4.39 Å². The fraction of sp³-hybridized carbons (Fsp3) is 0.400. The second-order valence-electron chi connectivity index (χ2n) is 8.27. The first-order valence-electron chi connectivity index (χ1n) is 11.7. The Morgan fingerprint density at radius 1 is 1.11 bits per heavy atom. The number of halogens is 1. The maximum Gasteiger partial charge on any atom is 0.134 e. The Hall–Kier alpha value is -2.45.